The maximum Gasteiger partial charge on any atom is 0.274 e. The SMILES string of the molecule is NS(=O)(=O)NCC1CCCCN1Cc1c(F)cccc1Cl. The second-order valence-electron chi connectivity index (χ2n) is 5.21. The van der Waals surface area contributed by atoms with Crippen LogP contribution >= 0.6 is 11.6 Å². The van der Waals surface area contributed by atoms with E-state index in [2.05, 4.69) is 4.72 Å². The third-order valence-electron chi connectivity index (χ3n) is 3.69. The van der Waals surface area contributed by atoms with Crippen LogP contribution in [0.2, 0.25) is 5.02 Å². The van der Waals surface area contributed by atoms with Crippen molar-refractivity contribution in [3.63, 3.8) is 0 Å². The van der Waals surface area contributed by atoms with Gasteiger partial charge in [-0.2, -0.15) is 8.42 Å². The average Bonchev–Trinajstić information content (AvgIpc) is 2.41. The second kappa shape index (κ2) is 7.02. The summed E-state index contributed by atoms with van der Waals surface area (Å²) < 4.78 is 38.2. The van der Waals surface area contributed by atoms with Gasteiger partial charge in [-0.15, -0.1) is 0 Å². The molecule has 8 heteroatoms. The third-order valence-corrected chi connectivity index (χ3v) is 4.62. The minimum Gasteiger partial charge on any atom is -0.295 e. The van der Waals surface area contributed by atoms with Crippen LogP contribution < -0.4 is 9.86 Å². The topological polar surface area (TPSA) is 75.4 Å². The second-order valence-corrected chi connectivity index (χ2v) is 7.00. The van der Waals surface area contributed by atoms with Crippen molar-refractivity contribution in [2.45, 2.75) is 31.8 Å². The molecule has 0 saturated carbocycles. The predicted molar refractivity (Wildman–Crippen MR) is 80.6 cm³/mol. The zero-order chi connectivity index (χ0) is 15.5. The predicted octanol–water partition coefficient (Wildman–Crippen LogP) is 1.63. The van der Waals surface area contributed by atoms with Crippen molar-refractivity contribution < 1.29 is 12.8 Å². The van der Waals surface area contributed by atoms with E-state index >= 15 is 0 Å². The van der Waals surface area contributed by atoms with Crippen molar-refractivity contribution >= 4 is 21.8 Å². The van der Waals surface area contributed by atoms with E-state index in [1.54, 1.807) is 12.1 Å². The zero-order valence-corrected chi connectivity index (χ0v) is 13.1. The Morgan fingerprint density at radius 3 is 2.86 bits per heavy atom. The Balaban J connectivity index is 2.08. The molecule has 1 aliphatic heterocycles. The highest BCUT2D eigenvalue weighted by Crippen LogP contribution is 2.25. The van der Waals surface area contributed by atoms with E-state index in [9.17, 15) is 12.8 Å². The maximum atomic E-state index is 13.9. The van der Waals surface area contributed by atoms with Crippen LogP contribution in [-0.4, -0.2) is 32.4 Å². The molecule has 21 heavy (non-hydrogen) atoms. The Labute approximate surface area is 129 Å². The normalized spacial score (nSPS) is 20.6. The molecule has 0 aliphatic carbocycles. The minimum atomic E-state index is -3.71. The highest BCUT2D eigenvalue weighted by atomic mass is 35.5. The summed E-state index contributed by atoms with van der Waals surface area (Å²) in [5, 5.41) is 5.35. The first-order valence-electron chi connectivity index (χ1n) is 6.81. The average molecular weight is 336 g/mol. The van der Waals surface area contributed by atoms with Crippen molar-refractivity contribution in [3.05, 3.63) is 34.6 Å². The fourth-order valence-corrected chi connectivity index (χ4v) is 3.25. The highest BCUT2D eigenvalue weighted by molar-refractivity contribution is 7.87. The molecule has 2 rings (SSSR count). The molecule has 3 N–H and O–H groups in total. The first-order chi connectivity index (χ1) is 9.87. The molecular weight excluding hydrogens is 317 g/mol. The number of hydrogen-bond donors (Lipinski definition) is 2. The van der Waals surface area contributed by atoms with Crippen molar-refractivity contribution in [2.75, 3.05) is 13.1 Å². The van der Waals surface area contributed by atoms with Crippen LogP contribution in [0.4, 0.5) is 4.39 Å². The fraction of sp³-hybridized carbons (Fsp3) is 0.538. The molecule has 1 aliphatic rings. The van der Waals surface area contributed by atoms with Gasteiger partial charge < -0.3 is 0 Å². The van der Waals surface area contributed by atoms with E-state index < -0.39 is 10.2 Å². The van der Waals surface area contributed by atoms with Gasteiger partial charge in [0.1, 0.15) is 5.82 Å². The Morgan fingerprint density at radius 1 is 1.43 bits per heavy atom. The Kier molecular flexibility index (Phi) is 5.56. The lowest BCUT2D eigenvalue weighted by Gasteiger charge is -2.35. The van der Waals surface area contributed by atoms with Gasteiger partial charge in [-0.3, -0.25) is 4.90 Å². The standard InChI is InChI=1S/C13H19ClFN3O2S/c14-12-5-3-6-13(15)11(12)9-18-7-2-1-4-10(18)8-17-21(16,19)20/h3,5-6,10,17H,1-2,4,7-9H2,(H2,16,19,20). The summed E-state index contributed by atoms with van der Waals surface area (Å²) in [5.74, 6) is -0.341. The summed E-state index contributed by atoms with van der Waals surface area (Å²) in [6.07, 6.45) is 2.85. The van der Waals surface area contributed by atoms with Gasteiger partial charge in [0.15, 0.2) is 0 Å². The number of piperidine rings is 1. The number of hydrogen-bond acceptors (Lipinski definition) is 3. The van der Waals surface area contributed by atoms with E-state index in [1.807, 2.05) is 4.90 Å². The van der Waals surface area contributed by atoms with Gasteiger partial charge in [0.25, 0.3) is 10.2 Å². The molecule has 1 fully saturated rings. The molecule has 1 atom stereocenters. The van der Waals surface area contributed by atoms with E-state index in [-0.39, 0.29) is 18.4 Å². The largest absolute Gasteiger partial charge is 0.295 e. The van der Waals surface area contributed by atoms with Crippen LogP contribution in [0.3, 0.4) is 0 Å². The molecule has 118 valence electrons. The quantitative estimate of drug-likeness (QED) is 0.858. The monoisotopic (exact) mass is 335 g/mol. The summed E-state index contributed by atoms with van der Waals surface area (Å²) in [6.45, 7) is 1.37. The Hall–Kier alpha value is -0.730. The molecule has 5 nitrogen and oxygen atoms in total. The number of benzene rings is 1. The van der Waals surface area contributed by atoms with Crippen LogP contribution in [0.15, 0.2) is 18.2 Å². The van der Waals surface area contributed by atoms with Crippen LogP contribution in [0.1, 0.15) is 24.8 Å². The first kappa shape index (κ1) is 16.6. The van der Waals surface area contributed by atoms with Gasteiger partial charge in [0.2, 0.25) is 0 Å². The zero-order valence-electron chi connectivity index (χ0n) is 11.6. The molecule has 1 aromatic rings. The minimum absolute atomic E-state index is 0.00672. The summed E-state index contributed by atoms with van der Waals surface area (Å²) in [6, 6.07) is 4.59. The van der Waals surface area contributed by atoms with Gasteiger partial charge in [0.05, 0.1) is 0 Å². The van der Waals surface area contributed by atoms with Gasteiger partial charge in [-0.25, -0.2) is 14.3 Å². The van der Waals surface area contributed by atoms with Gasteiger partial charge >= 0.3 is 0 Å². The Bertz CT molecular complexity index is 577. The van der Waals surface area contributed by atoms with Crippen molar-refractivity contribution in [1.82, 2.24) is 9.62 Å². The van der Waals surface area contributed by atoms with Crippen LogP contribution in [0, 0.1) is 5.82 Å². The third kappa shape index (κ3) is 4.89. The maximum absolute atomic E-state index is 13.9. The molecule has 1 saturated heterocycles. The molecule has 1 heterocycles. The summed E-state index contributed by atoms with van der Waals surface area (Å²) in [5.41, 5.74) is 0.446. The Morgan fingerprint density at radius 2 is 2.19 bits per heavy atom. The van der Waals surface area contributed by atoms with E-state index in [1.165, 1.54) is 6.07 Å². The van der Waals surface area contributed by atoms with E-state index in [4.69, 9.17) is 16.7 Å². The van der Waals surface area contributed by atoms with Crippen LogP contribution in [0.25, 0.3) is 0 Å². The van der Waals surface area contributed by atoms with Crippen LogP contribution in [0.5, 0.6) is 0 Å². The highest BCUT2D eigenvalue weighted by Gasteiger charge is 2.24. The lowest BCUT2D eigenvalue weighted by atomic mass is 10.0. The van der Waals surface area contributed by atoms with Crippen molar-refractivity contribution in [3.8, 4) is 0 Å². The number of likely N-dealkylation sites (tertiary alicyclic amines) is 1. The summed E-state index contributed by atoms with van der Waals surface area (Å²) in [7, 11) is -3.71. The van der Waals surface area contributed by atoms with Crippen molar-refractivity contribution in [1.29, 1.82) is 0 Å². The van der Waals surface area contributed by atoms with E-state index in [0.29, 0.717) is 17.1 Å². The van der Waals surface area contributed by atoms with Gasteiger partial charge in [-0.05, 0) is 31.5 Å². The summed E-state index contributed by atoms with van der Waals surface area (Å²) >= 11 is 6.05. The van der Waals surface area contributed by atoms with E-state index in [0.717, 1.165) is 25.8 Å². The van der Waals surface area contributed by atoms with Crippen LogP contribution in [-0.2, 0) is 16.8 Å². The first-order valence-corrected chi connectivity index (χ1v) is 8.73. The molecule has 1 unspecified atom stereocenters. The lowest BCUT2D eigenvalue weighted by molar-refractivity contribution is 0.140. The molecule has 0 aromatic heterocycles. The molecule has 0 amide bonds. The number of halogens is 2. The number of nitrogens with zero attached hydrogens (tertiary/aromatic N) is 1. The number of rotatable bonds is 5. The molecule has 1 aromatic carbocycles. The van der Waals surface area contributed by atoms with Gasteiger partial charge in [0, 0.05) is 29.7 Å². The molecule has 0 radical (unpaired) electrons. The lowest BCUT2D eigenvalue weighted by Crippen LogP contribution is -2.47. The number of nitrogens with two attached hydrogens (primary N) is 1. The summed E-state index contributed by atoms with van der Waals surface area (Å²) in [4.78, 5) is 2.05. The fourth-order valence-electron chi connectivity index (χ4n) is 2.60. The molecule has 0 bridgehead atoms. The molecular formula is C13H19ClFN3O2S. The molecule has 0 spiro atoms. The van der Waals surface area contributed by atoms with Crippen molar-refractivity contribution in [2.24, 2.45) is 5.14 Å². The number of nitrogens with one attached hydrogen (secondary N) is 1. The van der Waals surface area contributed by atoms with Gasteiger partial charge in [-0.1, -0.05) is 24.1 Å². The smallest absolute Gasteiger partial charge is 0.274 e.